The molecule has 0 aromatic heterocycles. The molecule has 0 heterocycles. The van der Waals surface area contributed by atoms with E-state index >= 15 is 0 Å². The highest BCUT2D eigenvalue weighted by Crippen LogP contribution is 2.29. The molecular formula is C20H21F3. The van der Waals surface area contributed by atoms with Gasteiger partial charge in [0.15, 0.2) is 11.6 Å². The van der Waals surface area contributed by atoms with Gasteiger partial charge in [-0.3, -0.25) is 0 Å². The van der Waals surface area contributed by atoms with Gasteiger partial charge in [0.25, 0.3) is 0 Å². The Bertz CT molecular complexity index is 673. The standard InChI is InChI=1S/C20H21F3/c21-18-11-9-16(13-20(18)23)17-10-8-15(12-19(17)22)7-6-14-4-2-1-3-5-14/h8-14H,1-7H2. The molecule has 0 nitrogen and oxygen atoms in total. The Balaban J connectivity index is 1.71. The first-order valence-electron chi connectivity index (χ1n) is 8.37. The third-order valence-electron chi connectivity index (χ3n) is 4.83. The minimum absolute atomic E-state index is 0.310. The zero-order valence-corrected chi connectivity index (χ0v) is 13.1. The number of aryl methyl sites for hydroxylation is 1. The lowest BCUT2D eigenvalue weighted by molar-refractivity contribution is 0.339. The van der Waals surface area contributed by atoms with Crippen molar-refractivity contribution in [3.63, 3.8) is 0 Å². The summed E-state index contributed by atoms with van der Waals surface area (Å²) >= 11 is 0. The zero-order valence-electron chi connectivity index (χ0n) is 13.1. The fourth-order valence-corrected chi connectivity index (χ4v) is 3.46. The Kier molecular flexibility index (Phi) is 5.04. The highest BCUT2D eigenvalue weighted by molar-refractivity contribution is 5.64. The van der Waals surface area contributed by atoms with E-state index in [4.69, 9.17) is 0 Å². The van der Waals surface area contributed by atoms with Crippen molar-refractivity contribution in [2.45, 2.75) is 44.9 Å². The van der Waals surface area contributed by atoms with Gasteiger partial charge in [0.1, 0.15) is 5.82 Å². The van der Waals surface area contributed by atoms with Crippen LogP contribution >= 0.6 is 0 Å². The van der Waals surface area contributed by atoms with E-state index in [0.717, 1.165) is 36.5 Å². The molecule has 0 saturated heterocycles. The molecule has 1 fully saturated rings. The molecule has 3 heteroatoms. The molecule has 1 aliphatic carbocycles. The number of benzene rings is 2. The molecule has 0 unspecified atom stereocenters. The molecule has 0 aliphatic heterocycles. The smallest absolute Gasteiger partial charge is 0.159 e. The van der Waals surface area contributed by atoms with E-state index in [2.05, 4.69) is 0 Å². The van der Waals surface area contributed by atoms with E-state index in [-0.39, 0.29) is 5.82 Å². The molecule has 1 saturated carbocycles. The molecule has 23 heavy (non-hydrogen) atoms. The summed E-state index contributed by atoms with van der Waals surface area (Å²) in [6.45, 7) is 0. The number of rotatable bonds is 4. The Labute approximate surface area is 135 Å². The van der Waals surface area contributed by atoms with E-state index in [9.17, 15) is 13.2 Å². The van der Waals surface area contributed by atoms with Crippen LogP contribution in [0.1, 0.15) is 44.1 Å². The average Bonchev–Trinajstić information content (AvgIpc) is 2.57. The fraction of sp³-hybridized carbons (Fsp3) is 0.400. The van der Waals surface area contributed by atoms with E-state index in [1.54, 1.807) is 6.07 Å². The van der Waals surface area contributed by atoms with E-state index < -0.39 is 11.6 Å². The molecular weight excluding hydrogens is 297 g/mol. The van der Waals surface area contributed by atoms with E-state index in [0.29, 0.717) is 11.1 Å². The van der Waals surface area contributed by atoms with Crippen LogP contribution in [-0.4, -0.2) is 0 Å². The molecule has 1 aliphatic rings. The molecule has 0 amide bonds. The van der Waals surface area contributed by atoms with Crippen LogP contribution in [0.2, 0.25) is 0 Å². The van der Waals surface area contributed by atoms with Gasteiger partial charge in [-0.05, 0) is 48.1 Å². The highest BCUT2D eigenvalue weighted by atomic mass is 19.2. The summed E-state index contributed by atoms with van der Waals surface area (Å²) in [5.41, 5.74) is 1.64. The van der Waals surface area contributed by atoms with Crippen LogP contribution < -0.4 is 0 Å². The molecule has 3 rings (SSSR count). The monoisotopic (exact) mass is 318 g/mol. The third kappa shape index (κ3) is 3.95. The first kappa shape index (κ1) is 16.1. The predicted molar refractivity (Wildman–Crippen MR) is 86.6 cm³/mol. The summed E-state index contributed by atoms with van der Waals surface area (Å²) in [4.78, 5) is 0. The fourth-order valence-electron chi connectivity index (χ4n) is 3.46. The normalized spacial score (nSPS) is 15.8. The number of hydrogen-bond donors (Lipinski definition) is 0. The second kappa shape index (κ2) is 7.20. The van der Waals surface area contributed by atoms with Gasteiger partial charge >= 0.3 is 0 Å². The van der Waals surface area contributed by atoms with Crippen LogP contribution in [0.25, 0.3) is 11.1 Å². The average molecular weight is 318 g/mol. The van der Waals surface area contributed by atoms with Crippen molar-refractivity contribution in [3.8, 4) is 11.1 Å². The largest absolute Gasteiger partial charge is 0.206 e. The first-order valence-corrected chi connectivity index (χ1v) is 8.37. The second-order valence-electron chi connectivity index (χ2n) is 6.49. The van der Waals surface area contributed by atoms with Crippen molar-refractivity contribution in [2.75, 3.05) is 0 Å². The van der Waals surface area contributed by atoms with Crippen LogP contribution in [0.3, 0.4) is 0 Å². The summed E-state index contributed by atoms with van der Waals surface area (Å²) in [6, 6.07) is 8.55. The van der Waals surface area contributed by atoms with Gasteiger partial charge in [0.05, 0.1) is 0 Å². The van der Waals surface area contributed by atoms with Gasteiger partial charge in [-0.2, -0.15) is 0 Å². The third-order valence-corrected chi connectivity index (χ3v) is 4.83. The summed E-state index contributed by atoms with van der Waals surface area (Å²) in [5.74, 6) is -1.49. The van der Waals surface area contributed by atoms with E-state index in [1.165, 1.54) is 44.2 Å². The number of halogens is 3. The Morgan fingerprint density at radius 1 is 0.783 bits per heavy atom. The van der Waals surface area contributed by atoms with Gasteiger partial charge in [0, 0.05) is 5.56 Å². The van der Waals surface area contributed by atoms with Gasteiger partial charge in [0.2, 0.25) is 0 Å². The van der Waals surface area contributed by atoms with Crippen LogP contribution in [0.4, 0.5) is 13.2 Å². The Morgan fingerprint density at radius 2 is 1.57 bits per heavy atom. The SMILES string of the molecule is Fc1ccc(-c2ccc(CCC3CCCCC3)cc2F)cc1F. The first-order chi connectivity index (χ1) is 11.1. The zero-order chi connectivity index (χ0) is 16.2. The quantitative estimate of drug-likeness (QED) is 0.622. The molecule has 0 N–H and O–H groups in total. The van der Waals surface area contributed by atoms with Crippen molar-refractivity contribution in [2.24, 2.45) is 5.92 Å². The Hall–Kier alpha value is -1.77. The summed E-state index contributed by atoms with van der Waals surface area (Å²) in [7, 11) is 0. The molecule has 0 atom stereocenters. The van der Waals surface area contributed by atoms with Crippen LogP contribution in [0, 0.1) is 23.4 Å². The van der Waals surface area contributed by atoms with E-state index in [1.807, 2.05) is 6.07 Å². The van der Waals surface area contributed by atoms with Crippen molar-refractivity contribution in [3.05, 3.63) is 59.4 Å². The molecule has 0 bridgehead atoms. The van der Waals surface area contributed by atoms with Crippen molar-refractivity contribution in [1.82, 2.24) is 0 Å². The lowest BCUT2D eigenvalue weighted by atomic mass is 9.85. The summed E-state index contributed by atoms with van der Waals surface area (Å²) < 4.78 is 40.6. The highest BCUT2D eigenvalue weighted by Gasteiger charge is 2.14. The van der Waals surface area contributed by atoms with Gasteiger partial charge in [-0.25, -0.2) is 13.2 Å². The minimum Gasteiger partial charge on any atom is -0.206 e. The summed E-state index contributed by atoms with van der Waals surface area (Å²) in [6.07, 6.45) is 8.52. The lowest BCUT2D eigenvalue weighted by Gasteiger charge is -2.21. The minimum atomic E-state index is -0.955. The van der Waals surface area contributed by atoms with Gasteiger partial charge < -0.3 is 0 Å². The molecule has 0 spiro atoms. The maximum atomic E-state index is 14.3. The second-order valence-corrected chi connectivity index (χ2v) is 6.49. The molecule has 2 aromatic rings. The topological polar surface area (TPSA) is 0 Å². The molecule has 0 radical (unpaired) electrons. The Morgan fingerprint density at radius 3 is 2.26 bits per heavy atom. The van der Waals surface area contributed by atoms with Crippen LogP contribution in [-0.2, 0) is 6.42 Å². The molecule has 2 aromatic carbocycles. The maximum Gasteiger partial charge on any atom is 0.159 e. The van der Waals surface area contributed by atoms with Crippen molar-refractivity contribution >= 4 is 0 Å². The maximum absolute atomic E-state index is 14.3. The lowest BCUT2D eigenvalue weighted by Crippen LogP contribution is -2.07. The van der Waals surface area contributed by atoms with Gasteiger partial charge in [-0.1, -0.05) is 50.3 Å². The van der Waals surface area contributed by atoms with Crippen molar-refractivity contribution in [1.29, 1.82) is 0 Å². The molecule has 122 valence electrons. The van der Waals surface area contributed by atoms with Gasteiger partial charge in [-0.15, -0.1) is 0 Å². The summed E-state index contributed by atoms with van der Waals surface area (Å²) in [5, 5.41) is 0. The number of hydrogen-bond acceptors (Lipinski definition) is 0. The van der Waals surface area contributed by atoms with Crippen LogP contribution in [0.5, 0.6) is 0 Å². The van der Waals surface area contributed by atoms with Crippen LogP contribution in [0.15, 0.2) is 36.4 Å². The predicted octanol–water partition coefficient (Wildman–Crippen LogP) is 6.28. The van der Waals surface area contributed by atoms with Crippen molar-refractivity contribution < 1.29 is 13.2 Å².